The zero-order valence-corrected chi connectivity index (χ0v) is 30.3. The van der Waals surface area contributed by atoms with E-state index in [1.165, 1.54) is 19.3 Å². The van der Waals surface area contributed by atoms with Gasteiger partial charge < -0.3 is 20.9 Å². The maximum Gasteiger partial charge on any atom is 0.326 e. The number of rotatable bonds is 32. The van der Waals surface area contributed by atoms with E-state index in [0.29, 0.717) is 38.6 Å². The van der Waals surface area contributed by atoms with Gasteiger partial charge in [0.1, 0.15) is 12.1 Å². The van der Waals surface area contributed by atoms with Gasteiger partial charge in [-0.25, -0.2) is 4.79 Å². The lowest BCUT2D eigenvalue weighted by Gasteiger charge is -2.15. The molecule has 272 valence electrons. The lowest BCUT2D eigenvalue weighted by molar-refractivity contribution is -0.147. The number of nitrogens with one attached hydrogen (secondary N) is 1. The molecular weight excluding hydrogens is 600 g/mol. The van der Waals surface area contributed by atoms with Gasteiger partial charge in [0, 0.05) is 12.8 Å². The van der Waals surface area contributed by atoms with Crippen LogP contribution >= 0.6 is 0 Å². The van der Waals surface area contributed by atoms with E-state index < -0.39 is 12.0 Å². The first-order chi connectivity index (χ1) is 23.4. The standard InChI is InChI=1S/C41H68N2O5/c1-3-5-7-9-11-12-13-14-15-16-17-18-19-20-21-23-29-35-40(45)48-37(31-26-22-10-8-6-4-2)32-27-24-25-28-34-39(44)43-38(41(46)47)33-30-36-42/h5,7,11-12,14-15,17-18,20-21,26,31,37-38H,3-4,6,8-10,13,16,19,22-25,27-30,32-36,42H2,1-2H3,(H,43,44)(H,46,47)/b7-5-,12-11-,15-14-,18-17-,21-20-,31-26-. The fourth-order valence-electron chi connectivity index (χ4n) is 4.92. The minimum absolute atomic E-state index is 0.151. The van der Waals surface area contributed by atoms with Gasteiger partial charge in [0.25, 0.3) is 0 Å². The number of nitrogens with two attached hydrogens (primary N) is 1. The van der Waals surface area contributed by atoms with Crippen LogP contribution in [0.5, 0.6) is 0 Å². The topological polar surface area (TPSA) is 119 Å². The third-order valence-electron chi connectivity index (χ3n) is 7.74. The number of hydrogen-bond acceptors (Lipinski definition) is 5. The van der Waals surface area contributed by atoms with Gasteiger partial charge in [-0.3, -0.25) is 9.59 Å². The van der Waals surface area contributed by atoms with Crippen LogP contribution in [0.25, 0.3) is 0 Å². The molecule has 0 fully saturated rings. The number of hydrogen-bond donors (Lipinski definition) is 3. The van der Waals surface area contributed by atoms with Crippen LogP contribution in [-0.4, -0.2) is 41.6 Å². The summed E-state index contributed by atoms with van der Waals surface area (Å²) in [6.45, 7) is 4.75. The van der Waals surface area contributed by atoms with E-state index in [-0.39, 0.29) is 18.0 Å². The molecule has 4 N–H and O–H groups in total. The molecule has 0 bridgehead atoms. The Kier molecular flexibility index (Phi) is 32.8. The molecule has 0 aliphatic heterocycles. The molecule has 0 aromatic heterocycles. The molecule has 0 aromatic carbocycles. The van der Waals surface area contributed by atoms with Crippen LogP contribution < -0.4 is 11.1 Å². The number of allylic oxidation sites excluding steroid dienone is 11. The molecule has 7 heteroatoms. The molecule has 7 nitrogen and oxygen atoms in total. The number of ether oxygens (including phenoxy) is 1. The molecule has 0 aliphatic carbocycles. The maximum atomic E-state index is 12.6. The van der Waals surface area contributed by atoms with Gasteiger partial charge in [0.2, 0.25) is 5.91 Å². The zero-order valence-electron chi connectivity index (χ0n) is 30.3. The second-order valence-corrected chi connectivity index (χ2v) is 12.2. The minimum atomic E-state index is -1.02. The Balaban J connectivity index is 4.35. The van der Waals surface area contributed by atoms with Crippen molar-refractivity contribution in [2.45, 2.75) is 161 Å². The lowest BCUT2D eigenvalue weighted by atomic mass is 10.1. The molecule has 0 rings (SSSR count). The fourth-order valence-corrected chi connectivity index (χ4v) is 4.92. The van der Waals surface area contributed by atoms with Gasteiger partial charge in [0.05, 0.1) is 0 Å². The van der Waals surface area contributed by atoms with E-state index in [1.54, 1.807) is 0 Å². The van der Waals surface area contributed by atoms with Gasteiger partial charge in [-0.05, 0) is 103 Å². The molecule has 0 saturated carbocycles. The summed E-state index contributed by atoms with van der Waals surface area (Å²) in [7, 11) is 0. The van der Waals surface area contributed by atoms with Crippen LogP contribution in [0, 0.1) is 0 Å². The highest BCUT2D eigenvalue weighted by atomic mass is 16.5. The van der Waals surface area contributed by atoms with Gasteiger partial charge in [-0.15, -0.1) is 0 Å². The highest BCUT2D eigenvalue weighted by Crippen LogP contribution is 2.14. The predicted molar refractivity (Wildman–Crippen MR) is 202 cm³/mol. The first-order valence-corrected chi connectivity index (χ1v) is 18.8. The Hall–Kier alpha value is -3.19. The van der Waals surface area contributed by atoms with Crippen molar-refractivity contribution in [1.29, 1.82) is 0 Å². The average Bonchev–Trinajstić information content (AvgIpc) is 3.07. The molecular formula is C41H68N2O5. The Morgan fingerprint density at radius 3 is 1.83 bits per heavy atom. The second kappa shape index (κ2) is 35.1. The van der Waals surface area contributed by atoms with Crippen molar-refractivity contribution >= 4 is 17.8 Å². The van der Waals surface area contributed by atoms with Crippen molar-refractivity contribution in [2.24, 2.45) is 5.73 Å². The third kappa shape index (κ3) is 31.4. The molecule has 2 unspecified atom stereocenters. The summed E-state index contributed by atoms with van der Waals surface area (Å²) in [5.74, 6) is -1.41. The summed E-state index contributed by atoms with van der Waals surface area (Å²) < 4.78 is 5.85. The van der Waals surface area contributed by atoms with Gasteiger partial charge in [-0.1, -0.05) is 113 Å². The molecule has 2 atom stereocenters. The maximum absolute atomic E-state index is 12.6. The highest BCUT2D eigenvalue weighted by Gasteiger charge is 2.18. The van der Waals surface area contributed by atoms with E-state index in [0.717, 1.165) is 83.5 Å². The molecule has 0 spiro atoms. The van der Waals surface area contributed by atoms with E-state index in [1.807, 2.05) is 0 Å². The molecule has 0 heterocycles. The van der Waals surface area contributed by atoms with Crippen LogP contribution in [0.4, 0.5) is 0 Å². The number of carbonyl (C=O) groups is 3. The smallest absolute Gasteiger partial charge is 0.326 e. The summed E-state index contributed by atoms with van der Waals surface area (Å²) in [6.07, 6.45) is 43.9. The van der Waals surface area contributed by atoms with Crippen molar-refractivity contribution in [3.8, 4) is 0 Å². The highest BCUT2D eigenvalue weighted by molar-refractivity contribution is 5.83. The van der Waals surface area contributed by atoms with E-state index >= 15 is 0 Å². The van der Waals surface area contributed by atoms with Crippen molar-refractivity contribution in [2.75, 3.05) is 6.54 Å². The fraction of sp³-hybridized carbons (Fsp3) is 0.634. The quantitative estimate of drug-likeness (QED) is 0.0373. The number of carboxylic acids is 1. The number of unbranched alkanes of at least 4 members (excludes halogenated alkanes) is 8. The Labute approximate surface area is 292 Å². The summed E-state index contributed by atoms with van der Waals surface area (Å²) in [5.41, 5.74) is 5.46. The third-order valence-corrected chi connectivity index (χ3v) is 7.74. The monoisotopic (exact) mass is 669 g/mol. The van der Waals surface area contributed by atoms with Crippen LogP contribution in [0.2, 0.25) is 0 Å². The molecule has 0 saturated heterocycles. The zero-order chi connectivity index (χ0) is 35.3. The number of aliphatic carboxylic acids is 1. The minimum Gasteiger partial charge on any atom is -0.480 e. The van der Waals surface area contributed by atoms with Gasteiger partial charge >= 0.3 is 11.9 Å². The number of amides is 1. The van der Waals surface area contributed by atoms with Crippen LogP contribution in [0.1, 0.15) is 149 Å². The largest absolute Gasteiger partial charge is 0.480 e. The van der Waals surface area contributed by atoms with Gasteiger partial charge in [-0.2, -0.15) is 0 Å². The molecule has 0 aliphatic rings. The Morgan fingerprint density at radius 2 is 1.23 bits per heavy atom. The number of esters is 1. The SMILES string of the molecule is CC/C=C\C/C=C\C/C=C\C/C=C\C/C=C\CCCC(=O)OC(/C=C\CCCCCC)CCCCCCC(=O)NC(CCCN)C(=O)O. The van der Waals surface area contributed by atoms with Crippen molar-refractivity contribution in [3.63, 3.8) is 0 Å². The summed E-state index contributed by atoms with van der Waals surface area (Å²) in [4.78, 5) is 36.1. The van der Waals surface area contributed by atoms with Crippen molar-refractivity contribution in [1.82, 2.24) is 5.32 Å². The van der Waals surface area contributed by atoms with Crippen LogP contribution in [-0.2, 0) is 19.1 Å². The van der Waals surface area contributed by atoms with Gasteiger partial charge in [0.15, 0.2) is 0 Å². The average molecular weight is 669 g/mol. The lowest BCUT2D eigenvalue weighted by Crippen LogP contribution is -2.40. The second-order valence-electron chi connectivity index (χ2n) is 12.2. The normalized spacial score (nSPS) is 13.6. The van der Waals surface area contributed by atoms with E-state index in [2.05, 4.69) is 92.1 Å². The number of carboxylic acid groups (broad SMARTS) is 1. The molecule has 1 amide bonds. The Bertz CT molecular complexity index is 979. The van der Waals surface area contributed by atoms with E-state index in [9.17, 15) is 19.5 Å². The number of carbonyl (C=O) groups excluding carboxylic acids is 2. The molecule has 48 heavy (non-hydrogen) atoms. The summed E-state index contributed by atoms with van der Waals surface area (Å²) in [5, 5.41) is 11.9. The van der Waals surface area contributed by atoms with Crippen LogP contribution in [0.15, 0.2) is 72.9 Å². The summed E-state index contributed by atoms with van der Waals surface area (Å²) >= 11 is 0. The Morgan fingerprint density at radius 1 is 0.646 bits per heavy atom. The van der Waals surface area contributed by atoms with E-state index in [4.69, 9.17) is 10.5 Å². The van der Waals surface area contributed by atoms with Crippen LogP contribution in [0.3, 0.4) is 0 Å². The predicted octanol–water partition coefficient (Wildman–Crippen LogP) is 10.00. The molecule has 0 radical (unpaired) electrons. The van der Waals surface area contributed by atoms with Crippen molar-refractivity contribution < 1.29 is 24.2 Å². The summed E-state index contributed by atoms with van der Waals surface area (Å²) in [6, 6.07) is -0.877. The van der Waals surface area contributed by atoms with Crippen molar-refractivity contribution in [3.05, 3.63) is 72.9 Å². The molecule has 0 aromatic rings. The first kappa shape index (κ1) is 44.8. The first-order valence-electron chi connectivity index (χ1n) is 18.8.